The number of amides is 1. The van der Waals surface area contributed by atoms with E-state index in [0.717, 1.165) is 16.6 Å². The van der Waals surface area contributed by atoms with E-state index >= 15 is 0 Å². The molecule has 6 N–H and O–H groups in total. The molecule has 0 fully saturated rings. The van der Waals surface area contributed by atoms with Gasteiger partial charge in [-0.3, -0.25) is 19.2 Å². The van der Waals surface area contributed by atoms with Crippen molar-refractivity contribution in [3.05, 3.63) is 118 Å². The number of aromatic amines is 1. The summed E-state index contributed by atoms with van der Waals surface area (Å²) >= 11 is 12.0. The number of hydrogen-bond donors (Lipinski definition) is 4. The van der Waals surface area contributed by atoms with Crippen molar-refractivity contribution in [3.8, 4) is 11.3 Å². The van der Waals surface area contributed by atoms with Gasteiger partial charge in [0.15, 0.2) is 0 Å². The third-order valence-electron chi connectivity index (χ3n) is 6.21. The van der Waals surface area contributed by atoms with E-state index in [4.69, 9.17) is 34.8 Å². The highest BCUT2D eigenvalue weighted by molar-refractivity contribution is 6.31. The third-order valence-corrected chi connectivity index (χ3v) is 6.54. The van der Waals surface area contributed by atoms with E-state index in [2.05, 4.69) is 20.3 Å². The summed E-state index contributed by atoms with van der Waals surface area (Å²) in [7, 11) is 0. The fourth-order valence-electron chi connectivity index (χ4n) is 4.33. The number of anilines is 2. The Kier molecular flexibility index (Phi) is 7.83. The summed E-state index contributed by atoms with van der Waals surface area (Å²) in [6.07, 6.45) is 4.51. The van der Waals surface area contributed by atoms with Crippen LogP contribution >= 0.6 is 23.2 Å². The van der Waals surface area contributed by atoms with Crippen molar-refractivity contribution >= 4 is 51.5 Å². The Bertz CT molecular complexity index is 1760. The topological polar surface area (TPSA) is 148 Å². The normalized spacial score (nSPS) is 12.3. The lowest BCUT2D eigenvalue weighted by Crippen LogP contribution is -2.34. The van der Waals surface area contributed by atoms with Gasteiger partial charge in [0.1, 0.15) is 11.2 Å². The number of rotatable bonds is 8. The molecule has 0 saturated carbocycles. The van der Waals surface area contributed by atoms with Crippen LogP contribution in [0.3, 0.4) is 0 Å². The average molecular weight is 575 g/mol. The van der Waals surface area contributed by atoms with E-state index in [1.807, 2.05) is 30.3 Å². The lowest BCUT2D eigenvalue weighted by atomic mass is 10.0. The standard InChI is InChI=1S/C28H24Cl2N8O2/c29-18-6-9-24(38(32)14-26(30)31)20(11-18)22-13-27(39)37(16-35-22)25(10-17-4-2-1-3-5-17)28(40)36-19-7-8-21-23(12-19)34-15-33-21/h1-9,11-16,25H,10,31-32H2,(H,33,34)(H,36,40)/b26-14-. The number of H-pyrrole nitrogens is 1. The number of benzene rings is 3. The molecule has 0 aliphatic carbocycles. The summed E-state index contributed by atoms with van der Waals surface area (Å²) in [5, 5.41) is 4.51. The van der Waals surface area contributed by atoms with Gasteiger partial charge in [-0.1, -0.05) is 53.5 Å². The number of nitrogens with two attached hydrogens (primary N) is 2. The van der Waals surface area contributed by atoms with E-state index in [1.54, 1.807) is 42.7 Å². The molecule has 10 nitrogen and oxygen atoms in total. The number of fused-ring (bicyclic) bond motifs is 1. The zero-order valence-corrected chi connectivity index (χ0v) is 22.5. The van der Waals surface area contributed by atoms with Gasteiger partial charge in [0.25, 0.3) is 5.56 Å². The van der Waals surface area contributed by atoms with Gasteiger partial charge < -0.3 is 16.0 Å². The molecule has 3 aromatic carbocycles. The van der Waals surface area contributed by atoms with Crippen molar-refractivity contribution in [2.45, 2.75) is 12.5 Å². The van der Waals surface area contributed by atoms with E-state index in [9.17, 15) is 9.59 Å². The molecule has 0 spiro atoms. The Morgan fingerprint density at radius 1 is 1.10 bits per heavy atom. The summed E-state index contributed by atoms with van der Waals surface area (Å²) in [5.41, 5.74) is 9.36. The van der Waals surface area contributed by atoms with Crippen LogP contribution in [0, 0.1) is 0 Å². The smallest absolute Gasteiger partial charge is 0.254 e. The lowest BCUT2D eigenvalue weighted by molar-refractivity contribution is -0.119. The molecule has 1 unspecified atom stereocenters. The van der Waals surface area contributed by atoms with E-state index in [1.165, 1.54) is 28.2 Å². The first-order chi connectivity index (χ1) is 19.3. The second-order valence-corrected chi connectivity index (χ2v) is 9.80. The maximum Gasteiger partial charge on any atom is 0.254 e. The highest BCUT2D eigenvalue weighted by atomic mass is 35.5. The first-order valence-corrected chi connectivity index (χ1v) is 12.9. The molecule has 5 aromatic rings. The highest BCUT2D eigenvalue weighted by Crippen LogP contribution is 2.31. The van der Waals surface area contributed by atoms with Gasteiger partial charge in [-0.25, -0.2) is 15.8 Å². The zero-order valence-electron chi connectivity index (χ0n) is 21.0. The number of hydrogen-bond acceptors (Lipinski definition) is 7. The monoisotopic (exact) mass is 574 g/mol. The van der Waals surface area contributed by atoms with Crippen LogP contribution in [-0.4, -0.2) is 25.4 Å². The molecule has 202 valence electrons. The van der Waals surface area contributed by atoms with Gasteiger partial charge in [-0.05, 0) is 42.0 Å². The minimum absolute atomic E-state index is 0.0341. The van der Waals surface area contributed by atoms with Gasteiger partial charge in [0, 0.05) is 28.8 Å². The fourth-order valence-corrected chi connectivity index (χ4v) is 4.60. The highest BCUT2D eigenvalue weighted by Gasteiger charge is 2.24. The molecule has 0 radical (unpaired) electrons. The summed E-state index contributed by atoms with van der Waals surface area (Å²) < 4.78 is 1.31. The van der Waals surface area contributed by atoms with Gasteiger partial charge in [-0.15, -0.1) is 0 Å². The second kappa shape index (κ2) is 11.6. The number of carbonyl (C=O) groups excluding carboxylic acids is 1. The second-order valence-electron chi connectivity index (χ2n) is 8.93. The van der Waals surface area contributed by atoms with Crippen molar-refractivity contribution in [1.29, 1.82) is 0 Å². The van der Waals surface area contributed by atoms with Gasteiger partial charge in [0.05, 0.1) is 41.3 Å². The van der Waals surface area contributed by atoms with Crippen LogP contribution in [0.4, 0.5) is 11.4 Å². The minimum atomic E-state index is -0.891. The molecule has 5 rings (SSSR count). The Labute approximate surface area is 238 Å². The third kappa shape index (κ3) is 5.99. The molecule has 1 atom stereocenters. The molecule has 0 bridgehead atoms. The van der Waals surface area contributed by atoms with Crippen LogP contribution in [0.5, 0.6) is 0 Å². The van der Waals surface area contributed by atoms with Crippen molar-refractivity contribution in [1.82, 2.24) is 19.5 Å². The van der Waals surface area contributed by atoms with Gasteiger partial charge in [0.2, 0.25) is 5.91 Å². The summed E-state index contributed by atoms with van der Waals surface area (Å²) in [6.45, 7) is 0. The van der Waals surface area contributed by atoms with Crippen molar-refractivity contribution in [2.75, 3.05) is 10.3 Å². The number of halogens is 2. The Hall–Kier alpha value is -4.64. The Balaban J connectivity index is 1.51. The van der Waals surface area contributed by atoms with Crippen LogP contribution in [0.2, 0.25) is 5.02 Å². The predicted molar refractivity (Wildman–Crippen MR) is 158 cm³/mol. The predicted octanol–water partition coefficient (Wildman–Crippen LogP) is 4.54. The Morgan fingerprint density at radius 3 is 2.65 bits per heavy atom. The van der Waals surface area contributed by atoms with Crippen molar-refractivity contribution in [3.63, 3.8) is 0 Å². The average Bonchev–Trinajstić information content (AvgIpc) is 3.40. The molecule has 2 heterocycles. The van der Waals surface area contributed by atoms with Crippen molar-refractivity contribution < 1.29 is 4.79 Å². The number of nitrogens with zero attached hydrogens (tertiary/aromatic N) is 4. The first kappa shape index (κ1) is 26.9. The molecule has 0 aliphatic heterocycles. The molecule has 12 heteroatoms. The Morgan fingerprint density at radius 2 is 1.90 bits per heavy atom. The fraction of sp³-hybridized carbons (Fsp3) is 0.0714. The van der Waals surface area contributed by atoms with E-state index in [-0.39, 0.29) is 17.5 Å². The maximum atomic E-state index is 13.6. The number of imidazole rings is 1. The van der Waals surface area contributed by atoms with Crippen LogP contribution < -0.4 is 27.5 Å². The zero-order chi connectivity index (χ0) is 28.2. The summed E-state index contributed by atoms with van der Waals surface area (Å²) in [6, 6.07) is 20.1. The first-order valence-electron chi connectivity index (χ1n) is 12.1. The molecular formula is C28H24Cl2N8O2. The largest absolute Gasteiger partial charge is 0.388 e. The molecular weight excluding hydrogens is 551 g/mol. The van der Waals surface area contributed by atoms with Gasteiger partial charge >= 0.3 is 0 Å². The molecule has 1 amide bonds. The maximum absolute atomic E-state index is 13.6. The molecule has 0 aliphatic rings. The van der Waals surface area contributed by atoms with Crippen LogP contribution in [0.15, 0.2) is 102 Å². The number of carbonyl (C=O) groups is 1. The van der Waals surface area contributed by atoms with Crippen molar-refractivity contribution in [2.24, 2.45) is 11.6 Å². The summed E-state index contributed by atoms with van der Waals surface area (Å²) in [5.74, 6) is 5.73. The molecule has 40 heavy (non-hydrogen) atoms. The number of aromatic nitrogens is 4. The SMILES string of the molecule is N/C(Cl)=C\N(N)c1ccc(Cl)cc1-c1cc(=O)n(C(Cc2ccccc2)C(=O)Nc2ccc3nc[nH]c3c2)cn1. The van der Waals surface area contributed by atoms with Crippen LogP contribution in [0.25, 0.3) is 22.3 Å². The number of hydrazine groups is 1. The number of nitrogens with one attached hydrogen (secondary N) is 2. The molecule has 2 aromatic heterocycles. The van der Waals surface area contributed by atoms with E-state index < -0.39 is 11.6 Å². The van der Waals surface area contributed by atoms with Crippen LogP contribution in [-0.2, 0) is 11.2 Å². The van der Waals surface area contributed by atoms with E-state index in [0.29, 0.717) is 27.7 Å². The molecule has 0 saturated heterocycles. The van der Waals surface area contributed by atoms with Crippen LogP contribution in [0.1, 0.15) is 11.6 Å². The minimum Gasteiger partial charge on any atom is -0.388 e. The quantitative estimate of drug-likeness (QED) is 0.121. The van der Waals surface area contributed by atoms with Gasteiger partial charge in [-0.2, -0.15) is 0 Å². The lowest BCUT2D eigenvalue weighted by Gasteiger charge is -2.21. The summed E-state index contributed by atoms with van der Waals surface area (Å²) in [4.78, 5) is 38.8.